The third-order valence-electron chi connectivity index (χ3n) is 4.01. The molecule has 20 heavy (non-hydrogen) atoms. The summed E-state index contributed by atoms with van der Waals surface area (Å²) >= 11 is 0. The number of sulfone groups is 1. The molecule has 3 nitrogen and oxygen atoms in total. The molecule has 1 unspecified atom stereocenters. The van der Waals surface area contributed by atoms with Gasteiger partial charge < -0.3 is 5.32 Å². The van der Waals surface area contributed by atoms with Gasteiger partial charge in [0.2, 0.25) is 0 Å². The van der Waals surface area contributed by atoms with E-state index in [2.05, 4.69) is 5.32 Å². The molecule has 1 aromatic carbocycles. The summed E-state index contributed by atoms with van der Waals surface area (Å²) in [5, 5.41) is 3.27. The highest BCUT2D eigenvalue weighted by atomic mass is 32.2. The minimum atomic E-state index is -3.59. The fourth-order valence-electron chi connectivity index (χ4n) is 3.01. The SMILES string of the molecule is CCNC(CS(=O)(=O)c1ccccc1F)C1CCCC1. The molecule has 1 atom stereocenters. The highest BCUT2D eigenvalue weighted by Crippen LogP contribution is 2.29. The van der Waals surface area contributed by atoms with E-state index in [1.165, 1.54) is 18.2 Å². The summed E-state index contributed by atoms with van der Waals surface area (Å²) in [6.45, 7) is 2.70. The van der Waals surface area contributed by atoms with Gasteiger partial charge in [0.1, 0.15) is 10.7 Å². The Morgan fingerprint density at radius 2 is 1.95 bits per heavy atom. The largest absolute Gasteiger partial charge is 0.313 e. The van der Waals surface area contributed by atoms with Gasteiger partial charge in [0.15, 0.2) is 9.84 Å². The van der Waals surface area contributed by atoms with Crippen LogP contribution < -0.4 is 5.32 Å². The number of rotatable bonds is 6. The van der Waals surface area contributed by atoms with Crippen molar-refractivity contribution in [2.24, 2.45) is 5.92 Å². The van der Waals surface area contributed by atoms with Crippen LogP contribution in [-0.4, -0.2) is 26.8 Å². The van der Waals surface area contributed by atoms with Gasteiger partial charge in [-0.1, -0.05) is 31.9 Å². The van der Waals surface area contributed by atoms with Crippen LogP contribution >= 0.6 is 0 Å². The zero-order chi connectivity index (χ0) is 14.6. The lowest BCUT2D eigenvalue weighted by molar-refractivity contribution is 0.388. The van der Waals surface area contributed by atoms with E-state index in [1.54, 1.807) is 6.07 Å². The first kappa shape index (κ1) is 15.4. The molecule has 1 saturated carbocycles. The Kier molecular flexibility index (Phi) is 5.16. The third-order valence-corrected chi connectivity index (χ3v) is 5.81. The maximum Gasteiger partial charge on any atom is 0.182 e. The van der Waals surface area contributed by atoms with E-state index in [0.29, 0.717) is 5.92 Å². The average molecular weight is 299 g/mol. The van der Waals surface area contributed by atoms with Crippen LogP contribution in [0.15, 0.2) is 29.2 Å². The lowest BCUT2D eigenvalue weighted by atomic mass is 10.00. The number of hydrogen-bond donors (Lipinski definition) is 1. The van der Waals surface area contributed by atoms with Crippen molar-refractivity contribution in [2.75, 3.05) is 12.3 Å². The van der Waals surface area contributed by atoms with Gasteiger partial charge in [-0.2, -0.15) is 0 Å². The molecule has 2 rings (SSSR count). The van der Waals surface area contributed by atoms with E-state index < -0.39 is 15.7 Å². The first-order valence-electron chi connectivity index (χ1n) is 7.25. The fraction of sp³-hybridized carbons (Fsp3) is 0.600. The van der Waals surface area contributed by atoms with Crippen molar-refractivity contribution in [1.29, 1.82) is 0 Å². The van der Waals surface area contributed by atoms with Crippen LogP contribution in [0, 0.1) is 11.7 Å². The molecule has 1 fully saturated rings. The van der Waals surface area contributed by atoms with Crippen molar-refractivity contribution in [3.05, 3.63) is 30.1 Å². The Morgan fingerprint density at radius 3 is 2.55 bits per heavy atom. The molecule has 0 heterocycles. The molecule has 0 bridgehead atoms. The standard InChI is InChI=1S/C15H22FNO2S/c1-2-17-14(12-7-3-4-8-12)11-20(18,19)15-10-6-5-9-13(15)16/h5-6,9-10,12,14,17H,2-4,7-8,11H2,1H3. The number of nitrogens with one attached hydrogen (secondary N) is 1. The van der Waals surface area contributed by atoms with E-state index in [9.17, 15) is 12.8 Å². The van der Waals surface area contributed by atoms with Gasteiger partial charge in [-0.3, -0.25) is 0 Å². The van der Waals surface area contributed by atoms with Gasteiger partial charge in [-0.05, 0) is 37.4 Å². The van der Waals surface area contributed by atoms with E-state index in [1.807, 2.05) is 6.92 Å². The van der Waals surface area contributed by atoms with Crippen molar-refractivity contribution in [3.8, 4) is 0 Å². The van der Waals surface area contributed by atoms with Crippen LogP contribution in [0.25, 0.3) is 0 Å². The first-order chi connectivity index (χ1) is 9.54. The smallest absolute Gasteiger partial charge is 0.182 e. The Balaban J connectivity index is 2.18. The maximum atomic E-state index is 13.7. The second-order valence-corrected chi connectivity index (χ2v) is 7.42. The lowest BCUT2D eigenvalue weighted by Gasteiger charge is -2.24. The predicted octanol–water partition coefficient (Wildman–Crippen LogP) is 2.77. The lowest BCUT2D eigenvalue weighted by Crippen LogP contribution is -2.41. The third kappa shape index (κ3) is 3.58. The maximum absolute atomic E-state index is 13.7. The minimum Gasteiger partial charge on any atom is -0.313 e. The molecule has 0 aromatic heterocycles. The summed E-state index contributed by atoms with van der Waals surface area (Å²) in [7, 11) is -3.59. The normalized spacial score (nSPS) is 18.3. The van der Waals surface area contributed by atoms with Crippen LogP contribution in [-0.2, 0) is 9.84 Å². The second-order valence-electron chi connectivity index (χ2n) is 5.42. The van der Waals surface area contributed by atoms with Gasteiger partial charge in [-0.25, -0.2) is 12.8 Å². The van der Waals surface area contributed by atoms with E-state index >= 15 is 0 Å². The predicted molar refractivity (Wildman–Crippen MR) is 77.9 cm³/mol. The van der Waals surface area contributed by atoms with Crippen LogP contribution in [0.4, 0.5) is 4.39 Å². The van der Waals surface area contributed by atoms with Gasteiger partial charge in [-0.15, -0.1) is 0 Å². The zero-order valence-electron chi connectivity index (χ0n) is 11.8. The first-order valence-corrected chi connectivity index (χ1v) is 8.90. The molecule has 0 aliphatic heterocycles. The molecule has 0 spiro atoms. The monoisotopic (exact) mass is 299 g/mol. The van der Waals surface area contributed by atoms with Crippen LogP contribution in [0.3, 0.4) is 0 Å². The van der Waals surface area contributed by atoms with E-state index in [4.69, 9.17) is 0 Å². The number of halogens is 1. The fourth-order valence-corrected chi connectivity index (χ4v) is 4.70. The molecule has 0 saturated heterocycles. The highest BCUT2D eigenvalue weighted by Gasteiger charge is 2.30. The van der Waals surface area contributed by atoms with Crippen LogP contribution in [0.2, 0.25) is 0 Å². The van der Waals surface area contributed by atoms with Crippen molar-refractivity contribution < 1.29 is 12.8 Å². The van der Waals surface area contributed by atoms with Crippen molar-refractivity contribution in [2.45, 2.75) is 43.5 Å². The molecule has 1 aliphatic carbocycles. The molecule has 0 radical (unpaired) electrons. The van der Waals surface area contributed by atoms with Crippen molar-refractivity contribution in [1.82, 2.24) is 5.32 Å². The quantitative estimate of drug-likeness (QED) is 0.878. The highest BCUT2D eigenvalue weighted by molar-refractivity contribution is 7.91. The van der Waals surface area contributed by atoms with Gasteiger partial charge in [0.25, 0.3) is 0 Å². The van der Waals surface area contributed by atoms with Crippen molar-refractivity contribution in [3.63, 3.8) is 0 Å². The summed E-state index contributed by atoms with van der Waals surface area (Å²) in [4.78, 5) is -0.180. The summed E-state index contributed by atoms with van der Waals surface area (Å²) < 4.78 is 38.5. The molecule has 1 aliphatic rings. The minimum absolute atomic E-state index is 0.0214. The summed E-state index contributed by atoms with van der Waals surface area (Å²) in [5.41, 5.74) is 0. The van der Waals surface area contributed by atoms with Crippen LogP contribution in [0.5, 0.6) is 0 Å². The topological polar surface area (TPSA) is 46.2 Å². The zero-order valence-corrected chi connectivity index (χ0v) is 12.6. The molecule has 112 valence electrons. The van der Waals surface area contributed by atoms with E-state index in [0.717, 1.165) is 32.2 Å². The van der Waals surface area contributed by atoms with Gasteiger partial charge in [0.05, 0.1) is 5.75 Å². The Morgan fingerprint density at radius 1 is 1.30 bits per heavy atom. The number of hydrogen-bond acceptors (Lipinski definition) is 3. The Hall–Kier alpha value is -0.940. The molecular formula is C15H22FNO2S. The molecule has 1 aromatic rings. The second kappa shape index (κ2) is 6.68. The van der Waals surface area contributed by atoms with Gasteiger partial charge >= 0.3 is 0 Å². The molecule has 0 amide bonds. The molecule has 5 heteroatoms. The van der Waals surface area contributed by atoms with Crippen LogP contribution in [0.1, 0.15) is 32.6 Å². The van der Waals surface area contributed by atoms with Gasteiger partial charge in [0, 0.05) is 6.04 Å². The average Bonchev–Trinajstić information content (AvgIpc) is 2.92. The molecule has 1 N–H and O–H groups in total. The van der Waals surface area contributed by atoms with Crippen molar-refractivity contribution >= 4 is 9.84 Å². The summed E-state index contributed by atoms with van der Waals surface area (Å²) in [6.07, 6.45) is 4.44. The molecular weight excluding hydrogens is 277 g/mol. The van der Waals surface area contributed by atoms with E-state index in [-0.39, 0.29) is 16.7 Å². The summed E-state index contributed by atoms with van der Waals surface area (Å²) in [5.74, 6) is -0.294. The Bertz CT molecular complexity index is 539. The summed E-state index contributed by atoms with van der Waals surface area (Å²) in [6, 6.07) is 5.54. The Labute approximate surface area is 120 Å². The number of benzene rings is 1.